The molecule has 0 saturated carbocycles. The smallest absolute Gasteiger partial charge is 0.0406 e. The van der Waals surface area contributed by atoms with Gasteiger partial charge in [0.25, 0.3) is 0 Å². The van der Waals surface area contributed by atoms with Crippen LogP contribution in [0.5, 0.6) is 0 Å². The van der Waals surface area contributed by atoms with E-state index in [0.29, 0.717) is 0 Å². The Balaban J connectivity index is 1.96. The highest BCUT2D eigenvalue weighted by atomic mass is 14.7. The Kier molecular flexibility index (Phi) is 5.53. The van der Waals surface area contributed by atoms with Gasteiger partial charge in [-0.1, -0.05) is 49.2 Å². The van der Waals surface area contributed by atoms with E-state index in [1.165, 1.54) is 50.2 Å². The first kappa shape index (κ1) is 19.4. The monoisotopic (exact) mass is 382 g/mol. The van der Waals surface area contributed by atoms with Crippen LogP contribution in [0.3, 0.4) is 0 Å². The fourth-order valence-electron chi connectivity index (χ4n) is 4.45. The summed E-state index contributed by atoms with van der Waals surface area (Å²) in [4.78, 5) is 4.79. The second kappa shape index (κ2) is 8.24. The number of aryl methyl sites for hydroxylation is 4. The highest BCUT2D eigenvalue weighted by Crippen LogP contribution is 2.41. The van der Waals surface area contributed by atoms with Gasteiger partial charge in [0.15, 0.2) is 0 Å². The van der Waals surface area contributed by atoms with Crippen molar-refractivity contribution >= 4 is 16.8 Å². The molecular formula is C27H30N2. The molecule has 3 aromatic rings. The Morgan fingerprint density at radius 3 is 2.45 bits per heavy atom. The van der Waals surface area contributed by atoms with E-state index in [-0.39, 0.29) is 0 Å². The van der Waals surface area contributed by atoms with Gasteiger partial charge in [-0.15, -0.1) is 0 Å². The number of fused-ring (bicyclic) bond motifs is 1. The minimum absolute atomic E-state index is 0.845. The molecule has 2 nitrogen and oxygen atoms in total. The second-order valence-corrected chi connectivity index (χ2v) is 8.23. The quantitative estimate of drug-likeness (QED) is 0.521. The van der Waals surface area contributed by atoms with Crippen LogP contribution in [-0.4, -0.2) is 4.98 Å². The van der Waals surface area contributed by atoms with Gasteiger partial charge < -0.3 is 5.73 Å². The van der Waals surface area contributed by atoms with Crippen LogP contribution in [-0.2, 0) is 12.8 Å². The number of nitrogen functional groups attached to an aromatic ring is 1. The van der Waals surface area contributed by atoms with Crippen molar-refractivity contribution in [1.29, 1.82) is 0 Å². The molecule has 0 atom stereocenters. The lowest BCUT2D eigenvalue weighted by Gasteiger charge is -2.18. The molecule has 0 amide bonds. The average molecular weight is 383 g/mol. The summed E-state index contributed by atoms with van der Waals surface area (Å²) in [7, 11) is 0. The van der Waals surface area contributed by atoms with Gasteiger partial charge in [0.2, 0.25) is 0 Å². The molecule has 148 valence electrons. The fraction of sp³-hybridized carbons (Fsp3) is 0.296. The van der Waals surface area contributed by atoms with Crippen LogP contribution < -0.4 is 5.73 Å². The van der Waals surface area contributed by atoms with Gasteiger partial charge in [0.05, 0.1) is 0 Å². The van der Waals surface area contributed by atoms with Gasteiger partial charge >= 0.3 is 0 Å². The zero-order chi connectivity index (χ0) is 20.4. The predicted molar refractivity (Wildman–Crippen MR) is 124 cm³/mol. The summed E-state index contributed by atoms with van der Waals surface area (Å²) in [6.45, 7) is 6.57. The van der Waals surface area contributed by atoms with Crippen LogP contribution in [0.15, 0.2) is 54.7 Å². The summed E-state index contributed by atoms with van der Waals surface area (Å²) in [5, 5.41) is 0. The number of pyridine rings is 1. The summed E-state index contributed by atoms with van der Waals surface area (Å²) >= 11 is 0. The SMILES string of the molecule is CCCc1cc(C)c(C2=C(c3ccc(C)cc3)c3ccc(N)cc3CCC2)cn1. The molecule has 0 unspecified atom stereocenters. The lowest BCUT2D eigenvalue weighted by molar-refractivity contribution is 0.856. The molecule has 0 saturated heterocycles. The minimum Gasteiger partial charge on any atom is -0.399 e. The first-order chi connectivity index (χ1) is 14.1. The highest BCUT2D eigenvalue weighted by molar-refractivity contribution is 6.00. The maximum Gasteiger partial charge on any atom is 0.0406 e. The number of hydrogen-bond donors (Lipinski definition) is 1. The Labute approximate surface area is 174 Å². The third-order valence-corrected chi connectivity index (χ3v) is 5.91. The van der Waals surface area contributed by atoms with Crippen LogP contribution in [0.4, 0.5) is 5.69 Å². The first-order valence-corrected chi connectivity index (χ1v) is 10.7. The second-order valence-electron chi connectivity index (χ2n) is 8.23. The Morgan fingerprint density at radius 1 is 0.931 bits per heavy atom. The number of allylic oxidation sites excluding steroid dienone is 1. The van der Waals surface area contributed by atoms with Crippen LogP contribution in [0.25, 0.3) is 11.1 Å². The van der Waals surface area contributed by atoms with Crippen molar-refractivity contribution in [3.05, 3.63) is 93.8 Å². The largest absolute Gasteiger partial charge is 0.399 e. The van der Waals surface area contributed by atoms with E-state index in [2.05, 4.69) is 69.4 Å². The summed E-state index contributed by atoms with van der Waals surface area (Å²) in [6, 6.07) is 17.6. The molecule has 0 radical (unpaired) electrons. The van der Waals surface area contributed by atoms with Gasteiger partial charge in [-0.25, -0.2) is 0 Å². The third kappa shape index (κ3) is 3.98. The number of hydrogen-bond acceptors (Lipinski definition) is 2. The topological polar surface area (TPSA) is 38.9 Å². The molecule has 1 heterocycles. The molecule has 1 aliphatic rings. The fourth-order valence-corrected chi connectivity index (χ4v) is 4.45. The Morgan fingerprint density at radius 2 is 1.72 bits per heavy atom. The molecule has 0 bridgehead atoms. The van der Waals surface area contributed by atoms with Gasteiger partial charge in [0.1, 0.15) is 0 Å². The van der Waals surface area contributed by atoms with Crippen molar-refractivity contribution in [2.45, 2.75) is 52.9 Å². The molecule has 2 aromatic carbocycles. The zero-order valence-electron chi connectivity index (χ0n) is 17.8. The van der Waals surface area contributed by atoms with Crippen molar-refractivity contribution in [2.75, 3.05) is 5.73 Å². The van der Waals surface area contributed by atoms with Gasteiger partial charge in [-0.05, 0) is 96.7 Å². The zero-order valence-corrected chi connectivity index (χ0v) is 17.8. The van der Waals surface area contributed by atoms with E-state index in [0.717, 1.165) is 37.8 Å². The molecule has 4 rings (SSSR count). The third-order valence-electron chi connectivity index (χ3n) is 5.91. The highest BCUT2D eigenvalue weighted by Gasteiger charge is 2.21. The number of anilines is 1. The molecular weight excluding hydrogens is 352 g/mol. The number of nitrogens with zero attached hydrogens (tertiary/aromatic N) is 1. The average Bonchev–Trinajstić information content (AvgIpc) is 2.88. The van der Waals surface area contributed by atoms with Crippen molar-refractivity contribution < 1.29 is 0 Å². The van der Waals surface area contributed by atoms with Gasteiger partial charge in [0, 0.05) is 17.6 Å². The molecule has 29 heavy (non-hydrogen) atoms. The van der Waals surface area contributed by atoms with E-state index < -0.39 is 0 Å². The van der Waals surface area contributed by atoms with Crippen molar-refractivity contribution in [2.24, 2.45) is 0 Å². The number of nitrogens with two attached hydrogens (primary N) is 1. The molecule has 1 aromatic heterocycles. The predicted octanol–water partition coefficient (Wildman–Crippen LogP) is 6.53. The van der Waals surface area contributed by atoms with Crippen LogP contribution >= 0.6 is 0 Å². The summed E-state index contributed by atoms with van der Waals surface area (Å²) in [6.07, 6.45) is 7.49. The standard InChI is InChI=1S/C27H30N2/c1-4-6-23-15-19(3)26(17-29-23)25-8-5-7-21-16-22(28)13-14-24(21)27(25)20-11-9-18(2)10-12-20/h9-17H,4-8,28H2,1-3H3. The van der Waals surface area contributed by atoms with Crippen molar-refractivity contribution in [1.82, 2.24) is 4.98 Å². The molecule has 0 aliphatic heterocycles. The van der Waals surface area contributed by atoms with Crippen LogP contribution in [0.1, 0.15) is 65.3 Å². The van der Waals surface area contributed by atoms with E-state index in [4.69, 9.17) is 10.7 Å². The van der Waals surface area contributed by atoms with E-state index >= 15 is 0 Å². The van der Waals surface area contributed by atoms with Crippen molar-refractivity contribution in [3.8, 4) is 0 Å². The van der Waals surface area contributed by atoms with E-state index in [1.54, 1.807) is 0 Å². The normalized spacial score (nSPS) is 13.9. The first-order valence-electron chi connectivity index (χ1n) is 10.7. The number of rotatable bonds is 4. The number of benzene rings is 2. The molecule has 0 spiro atoms. The maximum atomic E-state index is 6.13. The van der Waals surface area contributed by atoms with Crippen molar-refractivity contribution in [3.63, 3.8) is 0 Å². The van der Waals surface area contributed by atoms with Crippen LogP contribution in [0, 0.1) is 13.8 Å². The Hall–Kier alpha value is -2.87. The molecule has 2 N–H and O–H groups in total. The summed E-state index contributed by atoms with van der Waals surface area (Å²) < 4.78 is 0. The lowest BCUT2D eigenvalue weighted by Crippen LogP contribution is -2.00. The van der Waals surface area contributed by atoms with Gasteiger partial charge in [-0.2, -0.15) is 0 Å². The summed E-state index contributed by atoms with van der Waals surface area (Å²) in [5.74, 6) is 0. The maximum absolute atomic E-state index is 6.13. The molecule has 2 heteroatoms. The summed E-state index contributed by atoms with van der Waals surface area (Å²) in [5.41, 5.74) is 18.7. The van der Waals surface area contributed by atoms with E-state index in [1.807, 2.05) is 6.07 Å². The van der Waals surface area contributed by atoms with Crippen LogP contribution in [0.2, 0.25) is 0 Å². The Bertz CT molecular complexity index is 1060. The molecule has 0 fully saturated rings. The van der Waals surface area contributed by atoms with E-state index in [9.17, 15) is 0 Å². The number of aromatic nitrogens is 1. The molecule has 1 aliphatic carbocycles. The van der Waals surface area contributed by atoms with Gasteiger partial charge in [-0.3, -0.25) is 4.98 Å². The minimum atomic E-state index is 0.845. The lowest BCUT2D eigenvalue weighted by atomic mass is 9.86.